The smallest absolute Gasteiger partial charge is 0.0433 e. The van der Waals surface area contributed by atoms with Crippen LogP contribution in [0.3, 0.4) is 0 Å². The molecule has 0 N–H and O–H groups in total. The van der Waals surface area contributed by atoms with E-state index in [2.05, 4.69) is 350 Å². The largest absolute Gasteiger partial charge is 0.363 e. The predicted molar refractivity (Wildman–Crippen MR) is 347 cm³/mol. The number of allylic oxidation sites excluding steroid dienone is 2. The van der Waals surface area contributed by atoms with Gasteiger partial charge in [-0.3, -0.25) is 0 Å². The average Bonchev–Trinajstić information content (AvgIpc) is 3.61. The summed E-state index contributed by atoms with van der Waals surface area (Å²) in [5.41, 5.74) is 23.7. The number of benzene rings is 12. The molecule has 0 amide bonds. The highest BCUT2D eigenvalue weighted by molar-refractivity contribution is 5.89. The summed E-state index contributed by atoms with van der Waals surface area (Å²) in [6.07, 6.45) is 4.69. The Morgan fingerprint density at radius 1 is 0.207 bits per heavy atom. The first-order valence-corrected chi connectivity index (χ1v) is 28.4. The minimum atomic E-state index is 0.792. The Bertz CT molecular complexity index is 3660. The van der Waals surface area contributed by atoms with Crippen LogP contribution in [0.2, 0.25) is 0 Å². The molecule has 0 aromatic heterocycles. The molecule has 394 valence electrons. The van der Waals surface area contributed by atoms with E-state index in [0.29, 0.717) is 0 Å². The van der Waals surface area contributed by atoms with E-state index in [9.17, 15) is 0 Å². The molecule has 0 spiro atoms. The molecule has 82 heavy (non-hydrogen) atoms. The quantitative estimate of drug-likeness (QED) is 0.0745. The number of nitrogens with zero attached hydrogens (tertiary/aromatic N) is 2. The van der Waals surface area contributed by atoms with Crippen molar-refractivity contribution in [3.63, 3.8) is 0 Å². The van der Waals surface area contributed by atoms with Crippen molar-refractivity contribution in [2.24, 2.45) is 0 Å². The fourth-order valence-corrected chi connectivity index (χ4v) is 11.0. The van der Waals surface area contributed by atoms with Gasteiger partial charge in [-0.1, -0.05) is 303 Å². The van der Waals surface area contributed by atoms with Crippen LogP contribution in [0.1, 0.15) is 44.5 Å². The molecular formula is C80H64N2. The Labute approximate surface area is 484 Å². The van der Waals surface area contributed by atoms with E-state index in [4.69, 9.17) is 0 Å². The highest BCUT2D eigenvalue weighted by atomic mass is 15.1. The molecule has 0 atom stereocenters. The molecule has 12 rings (SSSR count). The van der Waals surface area contributed by atoms with Crippen LogP contribution in [-0.2, 0) is 26.2 Å². The maximum absolute atomic E-state index is 2.48. The number of hydrogen-bond donors (Lipinski definition) is 0. The Balaban J connectivity index is 0.972. The minimum absolute atomic E-state index is 0.792. The van der Waals surface area contributed by atoms with Gasteiger partial charge in [0.25, 0.3) is 0 Å². The third-order valence-corrected chi connectivity index (χ3v) is 15.4. The van der Waals surface area contributed by atoms with Gasteiger partial charge in [-0.25, -0.2) is 0 Å². The zero-order chi connectivity index (χ0) is 55.1. The number of hydrogen-bond acceptors (Lipinski definition) is 2. The third-order valence-electron chi connectivity index (χ3n) is 15.4. The summed E-state index contributed by atoms with van der Waals surface area (Å²) < 4.78 is 0. The second-order valence-electron chi connectivity index (χ2n) is 21.0. The minimum Gasteiger partial charge on any atom is -0.363 e. The molecule has 0 unspecified atom stereocenters. The van der Waals surface area contributed by atoms with E-state index < -0.39 is 0 Å². The fraction of sp³-hybridized carbons (Fsp3) is 0.0500. The van der Waals surface area contributed by atoms with Gasteiger partial charge in [0, 0.05) is 37.6 Å². The summed E-state index contributed by atoms with van der Waals surface area (Å²) in [7, 11) is 0. The van der Waals surface area contributed by atoms with Crippen molar-refractivity contribution >= 4 is 22.5 Å². The second kappa shape index (κ2) is 25.7. The molecule has 12 aromatic carbocycles. The lowest BCUT2D eigenvalue weighted by molar-refractivity contribution is 0.800. The molecule has 0 bridgehead atoms. The molecule has 12 aromatic rings. The van der Waals surface area contributed by atoms with Gasteiger partial charge in [0.2, 0.25) is 0 Å². The van der Waals surface area contributed by atoms with Crippen molar-refractivity contribution in [1.29, 1.82) is 0 Å². The summed E-state index contributed by atoms with van der Waals surface area (Å²) in [5.74, 6) is 0. The van der Waals surface area contributed by atoms with E-state index in [0.717, 1.165) is 70.7 Å². The van der Waals surface area contributed by atoms with Crippen molar-refractivity contribution in [1.82, 2.24) is 0 Å². The lowest BCUT2D eigenvalue weighted by atomic mass is 9.90. The summed E-state index contributed by atoms with van der Waals surface area (Å²) in [4.78, 5) is 4.95. The summed E-state index contributed by atoms with van der Waals surface area (Å²) >= 11 is 0. The van der Waals surface area contributed by atoms with Crippen LogP contribution in [0.15, 0.2) is 340 Å². The van der Waals surface area contributed by atoms with E-state index in [1.54, 1.807) is 0 Å². The highest BCUT2D eigenvalue weighted by Gasteiger charge is 2.16. The molecule has 2 nitrogen and oxygen atoms in total. The molecule has 0 aliphatic heterocycles. The lowest BCUT2D eigenvalue weighted by Gasteiger charge is -2.26. The standard InChI is InChI=1S/C80H64N2/c1-7-21-61(22-8-1)57-81(58-62-23-9-2-10-24-62)77-49-45-71(46-50-77)79(72-47-51-78(52-48-72)82(59-63-25-11-3-12-26-63)60-64-27-13-4-14-28-64)53-54-80(75-35-19-33-73(55-75)69-41-37-67(38-42-69)65-29-15-5-16-30-65)76-36-20-34-74(56-76)70-43-39-68(40-44-70)66-31-17-6-18-32-66/h1-56H,57-60H2. The van der Waals surface area contributed by atoms with Crippen LogP contribution in [0.4, 0.5) is 11.4 Å². The van der Waals surface area contributed by atoms with Crippen LogP contribution >= 0.6 is 0 Å². The molecular weight excluding hydrogens is 989 g/mol. The Morgan fingerprint density at radius 2 is 0.451 bits per heavy atom. The summed E-state index contributed by atoms with van der Waals surface area (Å²) in [5, 5.41) is 0. The fourth-order valence-electron chi connectivity index (χ4n) is 11.0. The molecule has 0 fully saturated rings. The third kappa shape index (κ3) is 13.1. The number of anilines is 2. The van der Waals surface area contributed by atoms with Gasteiger partial charge in [0.05, 0.1) is 0 Å². The van der Waals surface area contributed by atoms with Gasteiger partial charge in [0.15, 0.2) is 0 Å². The zero-order valence-electron chi connectivity index (χ0n) is 46.1. The summed E-state index contributed by atoms with van der Waals surface area (Å²) in [6.45, 7) is 3.17. The van der Waals surface area contributed by atoms with Crippen LogP contribution in [-0.4, -0.2) is 0 Å². The molecule has 0 radical (unpaired) electrons. The van der Waals surface area contributed by atoms with Gasteiger partial charge < -0.3 is 9.80 Å². The van der Waals surface area contributed by atoms with E-state index in [1.165, 1.54) is 67.0 Å². The van der Waals surface area contributed by atoms with Crippen molar-refractivity contribution in [2.45, 2.75) is 26.2 Å². The molecule has 0 saturated carbocycles. The second-order valence-corrected chi connectivity index (χ2v) is 21.0. The van der Waals surface area contributed by atoms with Crippen molar-refractivity contribution in [3.05, 3.63) is 384 Å². The SMILES string of the molecule is C(C=C(c1cccc(-c2ccc(-c3ccccc3)cc2)c1)c1cccc(-c2ccc(-c3ccccc3)cc2)c1)=C(c1ccc(N(Cc2ccccc2)Cc2ccccc2)cc1)c1ccc(N(Cc2ccccc2)Cc2ccccc2)cc1. The van der Waals surface area contributed by atoms with Crippen LogP contribution in [0.25, 0.3) is 55.7 Å². The highest BCUT2D eigenvalue weighted by Crippen LogP contribution is 2.36. The van der Waals surface area contributed by atoms with Crippen molar-refractivity contribution in [3.8, 4) is 44.5 Å². The Morgan fingerprint density at radius 3 is 0.756 bits per heavy atom. The van der Waals surface area contributed by atoms with Gasteiger partial charge >= 0.3 is 0 Å². The maximum Gasteiger partial charge on any atom is 0.0433 e. The van der Waals surface area contributed by atoms with Gasteiger partial charge in [-0.15, -0.1) is 0 Å². The molecule has 0 saturated heterocycles. The maximum atomic E-state index is 2.48. The van der Waals surface area contributed by atoms with Crippen molar-refractivity contribution in [2.75, 3.05) is 9.80 Å². The molecule has 0 aliphatic carbocycles. The van der Waals surface area contributed by atoms with E-state index >= 15 is 0 Å². The number of rotatable bonds is 19. The van der Waals surface area contributed by atoms with Gasteiger partial charge in [-0.05, 0) is 137 Å². The summed E-state index contributed by atoms with van der Waals surface area (Å²) in [6, 6.07) is 119. The monoisotopic (exact) mass is 1050 g/mol. The first-order valence-electron chi connectivity index (χ1n) is 28.4. The molecule has 0 aliphatic rings. The Hall–Kier alpha value is -10.3. The van der Waals surface area contributed by atoms with Gasteiger partial charge in [0.1, 0.15) is 0 Å². The van der Waals surface area contributed by atoms with E-state index in [1.807, 2.05) is 0 Å². The van der Waals surface area contributed by atoms with Crippen LogP contribution in [0, 0.1) is 0 Å². The van der Waals surface area contributed by atoms with E-state index in [-0.39, 0.29) is 0 Å². The first-order chi connectivity index (χ1) is 40.6. The molecule has 2 heteroatoms. The zero-order valence-corrected chi connectivity index (χ0v) is 46.1. The van der Waals surface area contributed by atoms with Crippen molar-refractivity contribution < 1.29 is 0 Å². The normalized spacial score (nSPS) is 10.9. The molecule has 0 heterocycles. The Kier molecular flexibility index (Phi) is 16.4. The first kappa shape index (κ1) is 52.4. The lowest BCUT2D eigenvalue weighted by Crippen LogP contribution is -2.22. The predicted octanol–water partition coefficient (Wildman–Crippen LogP) is 20.3. The topological polar surface area (TPSA) is 6.48 Å². The van der Waals surface area contributed by atoms with Crippen LogP contribution in [0.5, 0.6) is 0 Å². The van der Waals surface area contributed by atoms with Crippen LogP contribution < -0.4 is 9.80 Å². The van der Waals surface area contributed by atoms with Gasteiger partial charge in [-0.2, -0.15) is 0 Å². The average molecular weight is 1050 g/mol.